The van der Waals surface area contributed by atoms with Crippen LogP contribution in [0, 0.1) is 11.8 Å². The van der Waals surface area contributed by atoms with Gasteiger partial charge in [0.25, 0.3) is 0 Å². The summed E-state index contributed by atoms with van der Waals surface area (Å²) >= 11 is 0. The maximum Gasteiger partial charge on any atom is 0.327 e. The van der Waals surface area contributed by atoms with Crippen LogP contribution in [0.3, 0.4) is 0 Å². The Labute approximate surface area is 719 Å². The lowest BCUT2D eigenvalue weighted by Crippen LogP contribution is -2.52. The molecular formula is C71H95N19O38. The number of rotatable bonds is 63. The lowest BCUT2D eigenvalue weighted by Gasteiger charge is -2.27. The molecule has 0 spiro atoms. The van der Waals surface area contributed by atoms with Gasteiger partial charge in [-0.1, -0.05) is 0 Å². The van der Waals surface area contributed by atoms with E-state index in [1.54, 1.807) is 0 Å². The summed E-state index contributed by atoms with van der Waals surface area (Å²) in [5, 5.41) is 152. The van der Waals surface area contributed by atoms with Crippen LogP contribution in [-0.2, 0) is 153 Å². The molecule has 0 aromatic carbocycles. The highest BCUT2D eigenvalue weighted by Gasteiger charge is 2.34. The molecule has 0 aliphatic rings. The molecular weight excluding hydrogens is 1730 g/mol. The number of urea groups is 2. The number of nitrogens with one attached hydrogen (secondary N) is 6. The normalized spacial score (nSPS) is 12.4. The Morgan fingerprint density at radius 3 is 0.914 bits per heavy atom. The summed E-state index contributed by atoms with van der Waals surface area (Å²) in [4.78, 5) is 295. The average Bonchev–Trinajstić information content (AvgIpc) is 1.66. The van der Waals surface area contributed by atoms with E-state index < -0.39 is 321 Å². The number of carbonyl (C=O) groups excluding carboxylic acids is 8. The van der Waals surface area contributed by atoms with E-state index in [1.807, 2.05) is 16.0 Å². The number of nitrogens with zero attached hydrogens (tertiary/aromatic N) is 12. The molecule has 0 aliphatic carbocycles. The summed E-state index contributed by atoms with van der Waals surface area (Å²) in [6, 6.07) is -12.3. The highest BCUT2D eigenvalue weighted by Crippen LogP contribution is 2.19. The van der Waals surface area contributed by atoms with Gasteiger partial charge < -0.3 is 142 Å². The van der Waals surface area contributed by atoms with Gasteiger partial charge in [-0.2, -0.15) is 0 Å². The van der Waals surface area contributed by atoms with Gasteiger partial charge in [0.1, 0.15) is 92.8 Å². The molecule has 6 atom stereocenters. The Kier molecular flexibility index (Phi) is 44.6. The molecule has 57 nitrogen and oxygen atoms in total. The van der Waals surface area contributed by atoms with Crippen LogP contribution in [0.2, 0.25) is 0 Å². The predicted molar refractivity (Wildman–Crippen MR) is 413 cm³/mol. The highest BCUT2D eigenvalue weighted by atomic mass is 16.4. The van der Waals surface area contributed by atoms with Crippen LogP contribution >= 0.6 is 0 Å². The topological polar surface area (TPSA) is 879 Å². The van der Waals surface area contributed by atoms with E-state index in [2.05, 4.69) is 35.9 Å². The van der Waals surface area contributed by atoms with Crippen LogP contribution in [0.15, 0.2) is 49.6 Å². The molecule has 0 saturated heterocycles. The molecule has 4 aromatic rings. The Hall–Kier alpha value is -15.5. The SMILES string of the molecule is N[C@@H](CN(Cc1nccn1CC(=O)C(CC(=O)O)CC(=O)O)Cc1nccn1CC(=O)N(CC(=O)O)CC(=O)O)C(=O)NCCCC[C@H](NC(=O)N[C@@H](CCC(=O)O)C(=O)O)C(=O)O.O=C(O)CC[C@H](NC(=O)N[C@@H](CCC(=O)NC(CN(Cc1nccn1CC(=O)C(CC(=O)O)CC(=O)O)Cc1nccn1CC(=O)N(CC(=O)O)CC(=O)O)C(=O)O)C(=O)O)C(=O)O. The van der Waals surface area contributed by atoms with Gasteiger partial charge in [0, 0.05) is 100 Å². The molecule has 0 fully saturated rings. The van der Waals surface area contributed by atoms with E-state index in [9.17, 15) is 177 Å². The molecule has 1 unspecified atom stereocenters. The summed E-state index contributed by atoms with van der Waals surface area (Å²) in [5.74, 6) is -29.9. The zero-order valence-electron chi connectivity index (χ0n) is 67.6. The van der Waals surface area contributed by atoms with Crippen molar-refractivity contribution in [2.45, 2.75) is 172 Å². The fourth-order valence-corrected chi connectivity index (χ4v) is 11.8. The smallest absolute Gasteiger partial charge is 0.327 e. The van der Waals surface area contributed by atoms with Crippen LogP contribution in [0.25, 0.3) is 0 Å². The predicted octanol–water partition coefficient (Wildman–Crippen LogP) is -6.47. The van der Waals surface area contributed by atoms with Crippen LogP contribution < -0.4 is 37.6 Å². The van der Waals surface area contributed by atoms with Crippen LogP contribution in [-0.4, -0.2) is 353 Å². The van der Waals surface area contributed by atoms with Crippen molar-refractivity contribution in [3.05, 3.63) is 72.9 Å². The van der Waals surface area contributed by atoms with E-state index in [0.29, 0.717) is 9.80 Å². The lowest BCUT2D eigenvalue weighted by atomic mass is 9.96. The Morgan fingerprint density at radius 1 is 0.336 bits per heavy atom. The van der Waals surface area contributed by atoms with Crippen LogP contribution in [0.5, 0.6) is 0 Å². The summed E-state index contributed by atoms with van der Waals surface area (Å²) in [5.41, 5.74) is 6.28. The molecule has 0 radical (unpaired) electrons. The van der Waals surface area contributed by atoms with E-state index in [1.165, 1.54) is 77.6 Å². The van der Waals surface area contributed by atoms with Crippen molar-refractivity contribution >= 4 is 137 Å². The van der Waals surface area contributed by atoms with E-state index in [0.717, 1.165) is 0 Å². The molecule has 23 N–H and O–H groups in total. The monoisotopic (exact) mass is 1820 g/mol. The molecule has 4 aromatic heterocycles. The number of unbranched alkanes of at least 4 members (excludes halogenated alkanes) is 1. The average molecular weight is 1820 g/mol. The van der Waals surface area contributed by atoms with Crippen LogP contribution in [0.1, 0.15) is 107 Å². The van der Waals surface area contributed by atoms with Crippen molar-refractivity contribution in [2.75, 3.05) is 45.8 Å². The summed E-state index contributed by atoms with van der Waals surface area (Å²) in [6.45, 7) is -8.13. The minimum absolute atomic E-state index is 0.00618. The number of aliphatic carboxylic acids is 15. The maximum absolute atomic E-state index is 13.2. The van der Waals surface area contributed by atoms with E-state index in [-0.39, 0.29) is 68.7 Å². The molecule has 4 rings (SSSR count). The molecule has 0 bridgehead atoms. The number of Topliss-reactive ketones (excluding diaryl/α,β-unsaturated/α-hetero) is 2. The molecule has 57 heteroatoms. The number of nitrogens with two attached hydrogens (primary N) is 1. The first kappa shape index (κ1) is 107. The number of carbonyl (C=O) groups is 23. The van der Waals surface area contributed by atoms with Crippen molar-refractivity contribution in [1.29, 1.82) is 0 Å². The van der Waals surface area contributed by atoms with Gasteiger partial charge in [-0.05, 0) is 38.5 Å². The van der Waals surface area contributed by atoms with E-state index in [4.69, 9.17) is 15.9 Å². The summed E-state index contributed by atoms with van der Waals surface area (Å²) in [6.07, 6.45) is 3.68. The number of imidazole rings is 4. The number of ketones is 2. The van der Waals surface area contributed by atoms with Crippen molar-refractivity contribution in [2.24, 2.45) is 17.6 Å². The van der Waals surface area contributed by atoms with Crippen molar-refractivity contribution in [3.63, 3.8) is 0 Å². The number of aromatic nitrogens is 8. The van der Waals surface area contributed by atoms with Gasteiger partial charge in [0.15, 0.2) is 11.6 Å². The molecule has 0 aliphatic heterocycles. The largest absolute Gasteiger partial charge is 0.481 e. The Bertz CT molecular complexity index is 4430. The number of hydrogen-bond donors (Lipinski definition) is 22. The number of amides is 8. The third-order valence-corrected chi connectivity index (χ3v) is 18.0. The number of carboxylic acids is 15. The fraction of sp³-hybridized carbons (Fsp3) is 0.507. The first-order chi connectivity index (χ1) is 60.0. The first-order valence-electron chi connectivity index (χ1n) is 37.9. The van der Waals surface area contributed by atoms with Crippen LogP contribution in [0.4, 0.5) is 9.59 Å². The number of carboxylic acid groups (broad SMARTS) is 15. The van der Waals surface area contributed by atoms with Crippen molar-refractivity contribution in [3.8, 4) is 0 Å². The van der Waals surface area contributed by atoms with E-state index >= 15 is 0 Å². The van der Waals surface area contributed by atoms with Gasteiger partial charge >= 0.3 is 102 Å². The fourth-order valence-electron chi connectivity index (χ4n) is 11.8. The zero-order chi connectivity index (χ0) is 96.4. The summed E-state index contributed by atoms with van der Waals surface area (Å²) < 4.78 is 5.02. The third-order valence-electron chi connectivity index (χ3n) is 18.0. The second-order valence-electron chi connectivity index (χ2n) is 28.1. The van der Waals surface area contributed by atoms with Gasteiger partial charge in [-0.25, -0.2) is 53.5 Å². The molecule has 128 heavy (non-hydrogen) atoms. The Morgan fingerprint density at radius 2 is 0.625 bits per heavy atom. The third kappa shape index (κ3) is 41.1. The minimum Gasteiger partial charge on any atom is -0.481 e. The van der Waals surface area contributed by atoms with Gasteiger partial charge in [0.05, 0.1) is 71.0 Å². The van der Waals surface area contributed by atoms with Gasteiger partial charge in [-0.3, -0.25) is 86.5 Å². The zero-order valence-corrected chi connectivity index (χ0v) is 67.6. The molecule has 4 heterocycles. The quantitative estimate of drug-likeness (QED) is 0.0183. The minimum atomic E-state index is -1.84. The van der Waals surface area contributed by atoms with Crippen molar-refractivity contribution < 1.29 is 187 Å². The first-order valence-corrected chi connectivity index (χ1v) is 37.9. The molecule has 8 amide bonds. The maximum atomic E-state index is 13.2. The molecule has 702 valence electrons. The second-order valence-corrected chi connectivity index (χ2v) is 28.1. The van der Waals surface area contributed by atoms with Gasteiger partial charge in [-0.15, -0.1) is 0 Å². The second kappa shape index (κ2) is 53.5. The number of hydrogen-bond acceptors (Lipinski definition) is 30. The standard InChI is InChI=1S/C36H50N10O18.C35H45N9O20/c37-21(33(59)40-6-2-1-3-22(34(60)61)41-36(64)42-23(35(62)63)4-5-28(49)50)13-43(15-25-38-7-9-44(25)14-24(47)20(11-29(51)52)12-30(53)54)16-26-39-8-10-45(26)17-27(48)46(18-31(55)56)19-32(57)58;45-22(18(9-28(50)51)10-29(52)53)12-42-7-5-36-23(42)13-41(14-24-37-6-8-43(24)15-26(47)44(16-30(54)55)17-31(56)57)11-21(34(62)63)38-25(46)3-1-19(32(58)59)39-35(64)40-20(33(60)61)2-4-27(48)49/h7-10,20-23H,1-6,11-19,37H2,(H,40,59)(H,49,50)(H,51,52)(H,53,54)(H,55,56)(H,57,58)(H,60,61)(H,62,63)(H2,41,42,64);5-8,18-21H,1-4,9-17H2,(H,38,46)(H,48,49)(H,50,51)(H,52,53)(H,54,55)(H,56,57)(H,58,59)(H,60,61)(H,62,63)(H2,39,40,64)/t21-,22-,23-;19-,20-,21?/m00/s1. The lowest BCUT2D eigenvalue weighted by molar-refractivity contribution is -0.150. The van der Waals surface area contributed by atoms with Crippen molar-refractivity contribution in [1.82, 2.24) is 89.7 Å². The molecule has 0 saturated carbocycles. The van der Waals surface area contributed by atoms with Gasteiger partial charge in [0.2, 0.25) is 23.6 Å². The highest BCUT2D eigenvalue weighted by molar-refractivity contribution is 5.92. The summed E-state index contributed by atoms with van der Waals surface area (Å²) in [7, 11) is 0. The Balaban J connectivity index is 0.000000660.